The van der Waals surface area contributed by atoms with Crippen LogP contribution in [0.5, 0.6) is 11.5 Å². The molecular formula is C18H30NO3. The van der Waals surface area contributed by atoms with Crippen molar-refractivity contribution >= 4 is 0 Å². The summed E-state index contributed by atoms with van der Waals surface area (Å²) >= 11 is 0. The second-order valence-electron chi connectivity index (χ2n) is 5.93. The highest BCUT2D eigenvalue weighted by Crippen LogP contribution is 2.18. The monoisotopic (exact) mass is 308 g/mol. The van der Waals surface area contributed by atoms with Crippen molar-refractivity contribution < 1.29 is 14.6 Å². The van der Waals surface area contributed by atoms with Crippen molar-refractivity contribution in [3.05, 3.63) is 31.2 Å². The molecule has 1 aromatic rings. The van der Waals surface area contributed by atoms with Crippen LogP contribution in [0.2, 0.25) is 0 Å². The summed E-state index contributed by atoms with van der Waals surface area (Å²) in [5, 5.41) is 9.91. The zero-order valence-electron chi connectivity index (χ0n) is 13.8. The van der Waals surface area contributed by atoms with Crippen molar-refractivity contribution in [2.75, 3.05) is 13.2 Å². The van der Waals surface area contributed by atoms with Crippen LogP contribution in [0.15, 0.2) is 24.3 Å². The molecule has 4 nitrogen and oxygen atoms in total. The number of aliphatic hydroxyl groups is 1. The summed E-state index contributed by atoms with van der Waals surface area (Å²) in [6.45, 7) is 8.71. The van der Waals surface area contributed by atoms with Crippen LogP contribution < -0.4 is 15.2 Å². The molecule has 1 rings (SSSR count). The van der Waals surface area contributed by atoms with Crippen molar-refractivity contribution in [2.45, 2.75) is 51.7 Å². The van der Waals surface area contributed by atoms with Gasteiger partial charge in [-0.3, -0.25) is 0 Å². The first-order chi connectivity index (χ1) is 10.5. The number of unbranched alkanes of at least 4 members (excludes halogenated alkanes) is 3. The minimum atomic E-state index is -0.663. The predicted molar refractivity (Wildman–Crippen MR) is 90.1 cm³/mol. The number of rotatable bonds is 11. The Morgan fingerprint density at radius 1 is 1.05 bits per heavy atom. The lowest BCUT2D eigenvalue weighted by Gasteiger charge is -2.22. The summed E-state index contributed by atoms with van der Waals surface area (Å²) in [7, 11) is 0. The van der Waals surface area contributed by atoms with Crippen LogP contribution in [-0.4, -0.2) is 30.5 Å². The third-order valence-electron chi connectivity index (χ3n) is 3.62. The molecule has 0 aliphatic heterocycles. The van der Waals surface area contributed by atoms with Gasteiger partial charge in [-0.15, -0.1) is 0 Å². The van der Waals surface area contributed by atoms with Crippen LogP contribution in [0.1, 0.15) is 39.5 Å². The maximum absolute atomic E-state index is 9.91. The van der Waals surface area contributed by atoms with Crippen molar-refractivity contribution in [2.24, 2.45) is 11.7 Å². The van der Waals surface area contributed by atoms with Gasteiger partial charge in [-0.2, -0.15) is 0 Å². The highest BCUT2D eigenvalue weighted by Gasteiger charge is 2.18. The highest BCUT2D eigenvalue weighted by atomic mass is 16.5. The van der Waals surface area contributed by atoms with Crippen LogP contribution in [0.4, 0.5) is 0 Å². The van der Waals surface area contributed by atoms with Crippen LogP contribution in [0, 0.1) is 12.8 Å². The molecule has 0 aliphatic carbocycles. The summed E-state index contributed by atoms with van der Waals surface area (Å²) in [5.41, 5.74) is 5.88. The zero-order chi connectivity index (χ0) is 16.4. The average molecular weight is 308 g/mol. The van der Waals surface area contributed by atoms with E-state index in [1.807, 2.05) is 38.1 Å². The van der Waals surface area contributed by atoms with E-state index in [1.54, 1.807) is 0 Å². The molecule has 0 fully saturated rings. The van der Waals surface area contributed by atoms with Gasteiger partial charge in [0.05, 0.1) is 6.61 Å². The van der Waals surface area contributed by atoms with Crippen LogP contribution in [0.25, 0.3) is 0 Å². The lowest BCUT2D eigenvalue weighted by molar-refractivity contribution is 0.0715. The van der Waals surface area contributed by atoms with E-state index in [4.69, 9.17) is 15.2 Å². The van der Waals surface area contributed by atoms with E-state index in [0.717, 1.165) is 38.0 Å². The van der Waals surface area contributed by atoms with Crippen molar-refractivity contribution in [3.8, 4) is 11.5 Å². The molecule has 0 saturated carbocycles. The van der Waals surface area contributed by atoms with Gasteiger partial charge >= 0.3 is 0 Å². The molecule has 0 aromatic heterocycles. The quantitative estimate of drug-likeness (QED) is 0.616. The van der Waals surface area contributed by atoms with Crippen LogP contribution >= 0.6 is 0 Å². The fourth-order valence-corrected chi connectivity index (χ4v) is 2.01. The average Bonchev–Trinajstić information content (AvgIpc) is 2.52. The van der Waals surface area contributed by atoms with Gasteiger partial charge in [0.25, 0.3) is 0 Å². The molecule has 0 heterocycles. The summed E-state index contributed by atoms with van der Waals surface area (Å²) in [4.78, 5) is 0. The van der Waals surface area contributed by atoms with E-state index in [1.165, 1.54) is 0 Å². The predicted octanol–water partition coefficient (Wildman–Crippen LogP) is 3.18. The molecule has 3 N–H and O–H groups in total. The Morgan fingerprint density at radius 2 is 1.64 bits per heavy atom. The number of benzene rings is 1. The Bertz CT molecular complexity index is 392. The van der Waals surface area contributed by atoms with E-state index in [-0.39, 0.29) is 18.6 Å². The number of hydrogen-bond donors (Lipinski definition) is 2. The van der Waals surface area contributed by atoms with E-state index in [2.05, 4.69) is 6.92 Å². The first kappa shape index (κ1) is 18.8. The van der Waals surface area contributed by atoms with Gasteiger partial charge in [-0.1, -0.05) is 40.0 Å². The second kappa shape index (κ2) is 10.5. The normalized spacial score (nSPS) is 13.9. The molecule has 0 aliphatic rings. The number of nitrogens with two attached hydrogens (primary N) is 1. The smallest absolute Gasteiger partial charge is 0.119 e. The van der Waals surface area contributed by atoms with Crippen molar-refractivity contribution in [1.29, 1.82) is 0 Å². The highest BCUT2D eigenvalue weighted by molar-refractivity contribution is 5.31. The van der Waals surface area contributed by atoms with Gasteiger partial charge in [0, 0.05) is 6.04 Å². The lowest BCUT2D eigenvalue weighted by Crippen LogP contribution is -2.42. The second-order valence-corrected chi connectivity index (χ2v) is 5.93. The topological polar surface area (TPSA) is 64.7 Å². The maximum Gasteiger partial charge on any atom is 0.119 e. The molecule has 2 unspecified atom stereocenters. The van der Waals surface area contributed by atoms with Crippen LogP contribution in [0.3, 0.4) is 0 Å². The SMILES string of the molecule is [CH2]CCCCCOc1ccc(OCC(O)C(N)C(C)C)cc1. The molecule has 4 heteroatoms. The van der Waals surface area contributed by atoms with Gasteiger partial charge in [0.15, 0.2) is 0 Å². The summed E-state index contributed by atoms with van der Waals surface area (Å²) < 4.78 is 11.2. The molecular weight excluding hydrogens is 278 g/mol. The van der Waals surface area contributed by atoms with Crippen molar-refractivity contribution in [3.63, 3.8) is 0 Å². The fraction of sp³-hybridized carbons (Fsp3) is 0.611. The Balaban J connectivity index is 2.29. The Labute approximate surface area is 134 Å². The fourth-order valence-electron chi connectivity index (χ4n) is 2.01. The molecule has 2 atom stereocenters. The van der Waals surface area contributed by atoms with E-state index in [9.17, 15) is 5.11 Å². The molecule has 1 radical (unpaired) electrons. The minimum absolute atomic E-state index is 0.199. The third-order valence-corrected chi connectivity index (χ3v) is 3.62. The zero-order valence-corrected chi connectivity index (χ0v) is 13.8. The van der Waals surface area contributed by atoms with Crippen LogP contribution in [-0.2, 0) is 0 Å². The van der Waals surface area contributed by atoms with E-state index < -0.39 is 6.10 Å². The molecule has 22 heavy (non-hydrogen) atoms. The largest absolute Gasteiger partial charge is 0.494 e. The van der Waals surface area contributed by atoms with E-state index in [0.29, 0.717) is 5.75 Å². The van der Waals surface area contributed by atoms with Gasteiger partial charge in [0.1, 0.15) is 24.2 Å². The molecule has 0 bridgehead atoms. The first-order valence-electron chi connectivity index (χ1n) is 8.13. The minimum Gasteiger partial charge on any atom is -0.494 e. The molecule has 0 saturated heterocycles. The van der Waals surface area contributed by atoms with Gasteiger partial charge < -0.3 is 20.3 Å². The summed E-state index contributed by atoms with van der Waals surface area (Å²) in [5.74, 6) is 1.76. The standard InChI is InChI=1S/C18H30NO3/c1-4-5-6-7-12-21-15-8-10-16(11-9-15)22-13-17(20)18(19)14(2)3/h8-11,14,17-18,20H,1,4-7,12-13,19H2,2-3H3. The Hall–Kier alpha value is -1.26. The lowest BCUT2D eigenvalue weighted by atomic mass is 10.0. The van der Waals surface area contributed by atoms with Gasteiger partial charge in [-0.25, -0.2) is 0 Å². The Kier molecular flexibility index (Phi) is 8.94. The number of aliphatic hydroxyl groups excluding tert-OH is 1. The van der Waals surface area contributed by atoms with Gasteiger partial charge in [-0.05, 0) is 36.6 Å². The Morgan fingerprint density at radius 3 is 2.18 bits per heavy atom. The number of hydrogen-bond acceptors (Lipinski definition) is 4. The summed E-state index contributed by atoms with van der Waals surface area (Å²) in [6, 6.07) is 7.18. The maximum atomic E-state index is 9.91. The van der Waals surface area contributed by atoms with E-state index >= 15 is 0 Å². The first-order valence-corrected chi connectivity index (χ1v) is 8.13. The molecule has 0 spiro atoms. The molecule has 1 aromatic carbocycles. The number of ether oxygens (including phenoxy) is 2. The van der Waals surface area contributed by atoms with Crippen molar-refractivity contribution in [1.82, 2.24) is 0 Å². The van der Waals surface area contributed by atoms with Gasteiger partial charge in [0.2, 0.25) is 0 Å². The summed E-state index contributed by atoms with van der Waals surface area (Å²) in [6.07, 6.45) is 3.67. The molecule has 0 amide bonds. The third kappa shape index (κ3) is 7.14. The molecule has 125 valence electrons.